The van der Waals surface area contributed by atoms with Crippen LogP contribution in [0.1, 0.15) is 17.3 Å². The number of thiophene rings is 1. The van der Waals surface area contributed by atoms with Gasteiger partial charge in [-0.25, -0.2) is 4.79 Å². The average Bonchev–Trinajstić information content (AvgIpc) is 2.46. The van der Waals surface area contributed by atoms with Gasteiger partial charge in [0.25, 0.3) is 0 Å². The summed E-state index contributed by atoms with van der Waals surface area (Å²) in [5.41, 5.74) is 0.584. The van der Waals surface area contributed by atoms with Crippen LogP contribution in [0.3, 0.4) is 0 Å². The number of hydrogen-bond donors (Lipinski definition) is 1. The normalized spacial score (nSPS) is 9.77. The van der Waals surface area contributed by atoms with Crippen molar-refractivity contribution in [3.05, 3.63) is 15.4 Å². The van der Waals surface area contributed by atoms with Gasteiger partial charge in [-0.3, -0.25) is 0 Å². The Morgan fingerprint density at radius 3 is 3.00 bits per heavy atom. The fourth-order valence-electron chi connectivity index (χ4n) is 0.914. The van der Waals surface area contributed by atoms with Crippen LogP contribution in [0.2, 0.25) is 0 Å². The summed E-state index contributed by atoms with van der Waals surface area (Å²) in [6.07, 6.45) is 0. The molecule has 0 aromatic carbocycles. The molecule has 0 bridgehead atoms. The van der Waals surface area contributed by atoms with Crippen molar-refractivity contribution < 1.29 is 9.53 Å². The van der Waals surface area contributed by atoms with E-state index in [1.54, 1.807) is 6.07 Å². The standard InChI is InChI=1S/C8H10BrNO2S/c1-3-10-7-5(8(11)12-2)4-6(9)13-7/h4,10H,3H2,1-2H3. The quantitative estimate of drug-likeness (QED) is 0.853. The molecule has 1 heterocycles. The number of carbonyl (C=O) groups excluding carboxylic acids is 1. The molecular formula is C8H10BrNO2S. The number of methoxy groups -OCH3 is 1. The molecule has 1 aromatic heterocycles. The van der Waals surface area contributed by atoms with E-state index < -0.39 is 0 Å². The van der Waals surface area contributed by atoms with Crippen LogP contribution in [-0.2, 0) is 4.74 Å². The minimum atomic E-state index is -0.307. The van der Waals surface area contributed by atoms with Crippen molar-refractivity contribution in [1.82, 2.24) is 0 Å². The Balaban J connectivity index is 2.96. The van der Waals surface area contributed by atoms with Crippen LogP contribution in [0.25, 0.3) is 0 Å². The molecule has 0 unspecified atom stereocenters. The van der Waals surface area contributed by atoms with Gasteiger partial charge in [0.05, 0.1) is 16.5 Å². The maximum absolute atomic E-state index is 11.2. The Kier molecular flexibility index (Phi) is 3.74. The zero-order valence-corrected chi connectivity index (χ0v) is 9.79. The molecule has 1 aromatic rings. The lowest BCUT2D eigenvalue weighted by Crippen LogP contribution is -2.04. The lowest BCUT2D eigenvalue weighted by atomic mass is 10.3. The van der Waals surface area contributed by atoms with Crippen LogP contribution in [0.4, 0.5) is 5.00 Å². The number of anilines is 1. The second-order valence-corrected chi connectivity index (χ2v) is 4.75. The van der Waals surface area contributed by atoms with E-state index in [0.29, 0.717) is 5.56 Å². The summed E-state index contributed by atoms with van der Waals surface area (Å²) in [4.78, 5) is 11.2. The zero-order valence-electron chi connectivity index (χ0n) is 7.39. The molecule has 13 heavy (non-hydrogen) atoms. The molecule has 0 aliphatic rings. The first kappa shape index (κ1) is 10.5. The molecule has 0 aliphatic heterocycles. The number of halogens is 1. The molecule has 1 rings (SSSR count). The first-order valence-corrected chi connectivity index (χ1v) is 5.41. The van der Waals surface area contributed by atoms with E-state index in [-0.39, 0.29) is 5.97 Å². The predicted octanol–water partition coefficient (Wildman–Crippen LogP) is 2.73. The maximum atomic E-state index is 11.2. The Morgan fingerprint density at radius 2 is 2.46 bits per heavy atom. The van der Waals surface area contributed by atoms with Gasteiger partial charge in [-0.2, -0.15) is 0 Å². The van der Waals surface area contributed by atoms with Crippen molar-refractivity contribution >= 4 is 38.2 Å². The molecule has 0 spiro atoms. The number of nitrogens with one attached hydrogen (secondary N) is 1. The fourth-order valence-corrected chi connectivity index (χ4v) is 2.47. The molecular weight excluding hydrogens is 254 g/mol. The molecule has 0 atom stereocenters. The van der Waals surface area contributed by atoms with Gasteiger partial charge in [0.2, 0.25) is 0 Å². The Bertz CT molecular complexity index is 311. The molecule has 5 heteroatoms. The third kappa shape index (κ3) is 2.45. The molecule has 0 fully saturated rings. The van der Waals surface area contributed by atoms with E-state index in [1.165, 1.54) is 18.4 Å². The van der Waals surface area contributed by atoms with E-state index in [4.69, 9.17) is 0 Å². The summed E-state index contributed by atoms with van der Waals surface area (Å²) < 4.78 is 5.56. The summed E-state index contributed by atoms with van der Waals surface area (Å²) in [7, 11) is 1.38. The van der Waals surface area contributed by atoms with E-state index in [0.717, 1.165) is 15.3 Å². The highest BCUT2D eigenvalue weighted by atomic mass is 79.9. The van der Waals surface area contributed by atoms with Gasteiger partial charge in [-0.15, -0.1) is 11.3 Å². The van der Waals surface area contributed by atoms with Gasteiger partial charge in [0.15, 0.2) is 0 Å². The Labute approximate surface area is 89.2 Å². The van der Waals surface area contributed by atoms with Gasteiger partial charge < -0.3 is 10.1 Å². The van der Waals surface area contributed by atoms with Crippen molar-refractivity contribution in [3.63, 3.8) is 0 Å². The smallest absolute Gasteiger partial charge is 0.340 e. The number of rotatable bonds is 3. The summed E-state index contributed by atoms with van der Waals surface area (Å²) >= 11 is 4.81. The van der Waals surface area contributed by atoms with Crippen LogP contribution in [0.5, 0.6) is 0 Å². The first-order chi connectivity index (χ1) is 6.19. The summed E-state index contributed by atoms with van der Waals surface area (Å²) in [6, 6.07) is 1.76. The second-order valence-electron chi connectivity index (χ2n) is 2.32. The Hall–Kier alpha value is -0.550. The van der Waals surface area contributed by atoms with Gasteiger partial charge in [-0.1, -0.05) is 0 Å². The molecule has 72 valence electrons. The minimum absolute atomic E-state index is 0.307. The van der Waals surface area contributed by atoms with E-state index >= 15 is 0 Å². The minimum Gasteiger partial charge on any atom is -0.465 e. The van der Waals surface area contributed by atoms with Crippen LogP contribution >= 0.6 is 27.3 Å². The highest BCUT2D eigenvalue weighted by Crippen LogP contribution is 2.32. The van der Waals surface area contributed by atoms with Gasteiger partial charge in [0.1, 0.15) is 5.00 Å². The van der Waals surface area contributed by atoms with Crippen molar-refractivity contribution in [3.8, 4) is 0 Å². The fraction of sp³-hybridized carbons (Fsp3) is 0.375. The summed E-state index contributed by atoms with van der Waals surface area (Å²) in [5, 5.41) is 3.95. The number of esters is 1. The molecule has 0 saturated heterocycles. The summed E-state index contributed by atoms with van der Waals surface area (Å²) in [5.74, 6) is -0.307. The van der Waals surface area contributed by atoms with Gasteiger partial charge >= 0.3 is 5.97 Å². The third-order valence-corrected chi connectivity index (χ3v) is 3.04. The SMILES string of the molecule is CCNc1sc(Br)cc1C(=O)OC. The van der Waals surface area contributed by atoms with Gasteiger partial charge in [0, 0.05) is 6.54 Å². The second kappa shape index (κ2) is 4.62. The highest BCUT2D eigenvalue weighted by molar-refractivity contribution is 9.11. The molecule has 0 aliphatic carbocycles. The number of carbonyl (C=O) groups is 1. The van der Waals surface area contributed by atoms with Crippen LogP contribution in [0, 0.1) is 0 Å². The predicted molar refractivity (Wildman–Crippen MR) is 57.5 cm³/mol. The lowest BCUT2D eigenvalue weighted by molar-refractivity contribution is 0.0602. The number of hydrogen-bond acceptors (Lipinski definition) is 4. The zero-order chi connectivity index (χ0) is 9.84. The van der Waals surface area contributed by atoms with Crippen LogP contribution < -0.4 is 5.32 Å². The van der Waals surface area contributed by atoms with Crippen molar-refractivity contribution in [2.24, 2.45) is 0 Å². The van der Waals surface area contributed by atoms with Crippen LogP contribution in [-0.4, -0.2) is 19.6 Å². The Morgan fingerprint density at radius 1 is 1.77 bits per heavy atom. The van der Waals surface area contributed by atoms with E-state index in [1.807, 2.05) is 6.92 Å². The average molecular weight is 264 g/mol. The van der Waals surface area contributed by atoms with E-state index in [9.17, 15) is 4.79 Å². The van der Waals surface area contributed by atoms with Crippen LogP contribution in [0.15, 0.2) is 9.85 Å². The largest absolute Gasteiger partial charge is 0.465 e. The molecule has 3 nitrogen and oxygen atoms in total. The molecule has 0 radical (unpaired) electrons. The lowest BCUT2D eigenvalue weighted by Gasteiger charge is -2.01. The molecule has 0 amide bonds. The van der Waals surface area contributed by atoms with Crippen molar-refractivity contribution in [2.75, 3.05) is 19.0 Å². The van der Waals surface area contributed by atoms with Crippen molar-refractivity contribution in [1.29, 1.82) is 0 Å². The maximum Gasteiger partial charge on any atom is 0.340 e. The van der Waals surface area contributed by atoms with Crippen molar-refractivity contribution in [2.45, 2.75) is 6.92 Å². The third-order valence-electron chi connectivity index (χ3n) is 1.44. The molecule has 1 N–H and O–H groups in total. The van der Waals surface area contributed by atoms with E-state index in [2.05, 4.69) is 26.0 Å². The monoisotopic (exact) mass is 263 g/mol. The number of ether oxygens (including phenoxy) is 1. The molecule has 0 saturated carbocycles. The highest BCUT2D eigenvalue weighted by Gasteiger charge is 2.14. The first-order valence-electron chi connectivity index (χ1n) is 3.80. The van der Waals surface area contributed by atoms with Gasteiger partial charge in [-0.05, 0) is 28.9 Å². The topological polar surface area (TPSA) is 38.3 Å². The summed E-state index contributed by atoms with van der Waals surface area (Å²) in [6.45, 7) is 2.77.